The molecule has 198 valence electrons. The Bertz CT molecular complexity index is 1690. The number of hydrogen-bond donors (Lipinski definition) is 0. The smallest absolute Gasteiger partial charge is 0.0973 e. The predicted octanol–water partition coefficient (Wildman–Crippen LogP) is 10.3. The third kappa shape index (κ3) is 5.94. The predicted molar refractivity (Wildman–Crippen MR) is 173 cm³/mol. The molecular formula is C36H32N2S2. The SMILES string of the molecule is Cc1ccc2nc(SCc3ccc(-c4ccc(CSc5cc(C)c6cc(C)ccc6n5)cc4)cc3)cc(C)c2c1. The molecule has 0 bridgehead atoms. The van der Waals surface area contributed by atoms with Gasteiger partial charge in [-0.25, -0.2) is 9.97 Å². The van der Waals surface area contributed by atoms with Gasteiger partial charge in [-0.05, 0) is 97.5 Å². The zero-order valence-electron chi connectivity index (χ0n) is 23.4. The van der Waals surface area contributed by atoms with E-state index in [1.165, 1.54) is 55.3 Å². The summed E-state index contributed by atoms with van der Waals surface area (Å²) >= 11 is 3.59. The molecule has 0 fully saturated rings. The molecule has 0 radical (unpaired) electrons. The molecule has 0 spiro atoms. The van der Waals surface area contributed by atoms with E-state index in [0.29, 0.717) is 0 Å². The van der Waals surface area contributed by atoms with E-state index in [2.05, 4.69) is 125 Å². The number of aryl methyl sites for hydroxylation is 4. The van der Waals surface area contributed by atoms with Crippen molar-refractivity contribution in [1.82, 2.24) is 9.97 Å². The molecule has 40 heavy (non-hydrogen) atoms. The summed E-state index contributed by atoms with van der Waals surface area (Å²) in [5, 5.41) is 4.65. The average molecular weight is 557 g/mol. The minimum absolute atomic E-state index is 0.905. The van der Waals surface area contributed by atoms with Crippen molar-refractivity contribution in [3.63, 3.8) is 0 Å². The van der Waals surface area contributed by atoms with Gasteiger partial charge in [0.25, 0.3) is 0 Å². The van der Waals surface area contributed by atoms with Crippen LogP contribution in [0.1, 0.15) is 33.4 Å². The monoisotopic (exact) mass is 556 g/mol. The summed E-state index contributed by atoms with van der Waals surface area (Å²) in [6, 6.07) is 35.2. The number of pyridine rings is 2. The molecule has 0 saturated heterocycles. The van der Waals surface area contributed by atoms with Crippen LogP contribution in [0.3, 0.4) is 0 Å². The molecule has 0 saturated carbocycles. The molecule has 0 aliphatic rings. The summed E-state index contributed by atoms with van der Waals surface area (Å²) in [5.41, 5.74) is 12.4. The largest absolute Gasteiger partial charge is 0.241 e. The summed E-state index contributed by atoms with van der Waals surface area (Å²) in [7, 11) is 0. The zero-order valence-corrected chi connectivity index (χ0v) is 25.0. The lowest BCUT2D eigenvalue weighted by Crippen LogP contribution is -1.89. The van der Waals surface area contributed by atoms with Crippen LogP contribution in [-0.2, 0) is 11.5 Å². The number of nitrogens with zero attached hydrogens (tertiary/aromatic N) is 2. The van der Waals surface area contributed by atoms with Crippen LogP contribution in [0.5, 0.6) is 0 Å². The summed E-state index contributed by atoms with van der Waals surface area (Å²) in [6.07, 6.45) is 0. The molecule has 2 heterocycles. The van der Waals surface area contributed by atoms with Gasteiger partial charge in [0.05, 0.1) is 21.1 Å². The molecule has 2 aromatic heterocycles. The second kappa shape index (κ2) is 11.5. The maximum atomic E-state index is 4.88. The van der Waals surface area contributed by atoms with Crippen LogP contribution in [0.2, 0.25) is 0 Å². The second-order valence-corrected chi connectivity index (χ2v) is 12.6. The van der Waals surface area contributed by atoms with Gasteiger partial charge in [-0.15, -0.1) is 23.5 Å². The first-order valence-corrected chi connectivity index (χ1v) is 15.6. The summed E-state index contributed by atoms with van der Waals surface area (Å²) in [4.78, 5) is 9.76. The van der Waals surface area contributed by atoms with E-state index in [1.807, 2.05) is 0 Å². The van der Waals surface area contributed by atoms with Crippen LogP contribution < -0.4 is 0 Å². The standard InChI is InChI=1S/C36H32N2S2/c1-23-5-15-33-31(17-23)25(3)19-35(37-33)39-21-27-7-11-29(12-8-27)30-13-9-28(10-14-30)22-40-36-20-26(4)32-18-24(2)6-16-34(32)38-36/h5-20H,21-22H2,1-4H3. The second-order valence-electron chi connectivity index (χ2n) is 10.6. The Morgan fingerprint density at radius 3 is 1.27 bits per heavy atom. The maximum Gasteiger partial charge on any atom is 0.0973 e. The summed E-state index contributed by atoms with van der Waals surface area (Å²) in [6.45, 7) is 8.61. The Labute approximate surface area is 245 Å². The van der Waals surface area contributed by atoms with E-state index in [-0.39, 0.29) is 0 Å². The van der Waals surface area contributed by atoms with Crippen molar-refractivity contribution in [3.05, 3.63) is 130 Å². The van der Waals surface area contributed by atoms with Crippen molar-refractivity contribution >= 4 is 45.3 Å². The highest BCUT2D eigenvalue weighted by Crippen LogP contribution is 2.30. The van der Waals surface area contributed by atoms with Crippen molar-refractivity contribution < 1.29 is 0 Å². The fourth-order valence-corrected chi connectivity index (χ4v) is 6.86. The van der Waals surface area contributed by atoms with Gasteiger partial charge in [0.1, 0.15) is 0 Å². The van der Waals surface area contributed by atoms with E-state index < -0.39 is 0 Å². The third-order valence-corrected chi connectivity index (χ3v) is 9.27. The van der Waals surface area contributed by atoms with E-state index >= 15 is 0 Å². The van der Waals surface area contributed by atoms with Crippen molar-refractivity contribution in [2.24, 2.45) is 0 Å². The molecule has 0 amide bonds. The van der Waals surface area contributed by atoms with Gasteiger partial charge in [0.15, 0.2) is 0 Å². The Hall–Kier alpha value is -3.60. The fraction of sp³-hybridized carbons (Fsp3) is 0.167. The molecule has 4 aromatic carbocycles. The van der Waals surface area contributed by atoms with Crippen LogP contribution in [0, 0.1) is 27.7 Å². The van der Waals surface area contributed by atoms with E-state index in [4.69, 9.17) is 9.97 Å². The topological polar surface area (TPSA) is 25.8 Å². The molecule has 6 rings (SSSR count). The fourth-order valence-electron chi connectivity index (χ4n) is 5.00. The van der Waals surface area contributed by atoms with Gasteiger partial charge in [0.2, 0.25) is 0 Å². The molecule has 0 aliphatic carbocycles. The Kier molecular flexibility index (Phi) is 7.64. The highest BCUT2D eigenvalue weighted by atomic mass is 32.2. The van der Waals surface area contributed by atoms with Crippen LogP contribution in [0.4, 0.5) is 0 Å². The number of fused-ring (bicyclic) bond motifs is 2. The van der Waals surface area contributed by atoms with Crippen LogP contribution in [0.25, 0.3) is 32.9 Å². The highest BCUT2D eigenvalue weighted by Gasteiger charge is 2.07. The maximum absolute atomic E-state index is 4.88. The Balaban J connectivity index is 1.08. The average Bonchev–Trinajstić information content (AvgIpc) is 2.96. The quantitative estimate of drug-likeness (QED) is 0.183. The van der Waals surface area contributed by atoms with Gasteiger partial charge < -0.3 is 0 Å². The van der Waals surface area contributed by atoms with Gasteiger partial charge in [-0.2, -0.15) is 0 Å². The van der Waals surface area contributed by atoms with Crippen molar-refractivity contribution in [3.8, 4) is 11.1 Å². The Morgan fingerprint density at radius 1 is 0.475 bits per heavy atom. The number of aromatic nitrogens is 2. The molecule has 4 heteroatoms. The lowest BCUT2D eigenvalue weighted by molar-refractivity contribution is 1.16. The van der Waals surface area contributed by atoms with Gasteiger partial charge >= 0.3 is 0 Å². The molecular weight excluding hydrogens is 525 g/mol. The normalized spacial score (nSPS) is 11.4. The number of thioether (sulfide) groups is 2. The first-order valence-electron chi connectivity index (χ1n) is 13.6. The lowest BCUT2D eigenvalue weighted by atomic mass is 10.0. The van der Waals surface area contributed by atoms with Crippen molar-refractivity contribution in [2.45, 2.75) is 49.3 Å². The van der Waals surface area contributed by atoms with Crippen LogP contribution in [0.15, 0.2) is 107 Å². The third-order valence-electron chi connectivity index (χ3n) is 7.31. The molecule has 6 aromatic rings. The molecule has 0 N–H and O–H groups in total. The zero-order chi connectivity index (χ0) is 27.6. The van der Waals surface area contributed by atoms with Crippen molar-refractivity contribution in [2.75, 3.05) is 0 Å². The number of hydrogen-bond acceptors (Lipinski definition) is 4. The Morgan fingerprint density at radius 2 is 0.875 bits per heavy atom. The van der Waals surface area contributed by atoms with Crippen LogP contribution in [-0.4, -0.2) is 9.97 Å². The number of benzene rings is 4. The lowest BCUT2D eigenvalue weighted by Gasteiger charge is -2.09. The van der Waals surface area contributed by atoms with Gasteiger partial charge in [-0.1, -0.05) is 71.8 Å². The van der Waals surface area contributed by atoms with E-state index in [9.17, 15) is 0 Å². The minimum atomic E-state index is 0.905. The molecule has 0 aliphatic heterocycles. The summed E-state index contributed by atoms with van der Waals surface area (Å²) in [5.74, 6) is 1.81. The first kappa shape index (κ1) is 26.6. The number of rotatable bonds is 7. The van der Waals surface area contributed by atoms with Crippen LogP contribution >= 0.6 is 23.5 Å². The van der Waals surface area contributed by atoms with E-state index in [0.717, 1.165) is 32.6 Å². The highest BCUT2D eigenvalue weighted by molar-refractivity contribution is 7.98. The molecule has 0 atom stereocenters. The first-order chi connectivity index (χ1) is 19.4. The van der Waals surface area contributed by atoms with E-state index in [1.54, 1.807) is 23.5 Å². The van der Waals surface area contributed by atoms with Crippen molar-refractivity contribution in [1.29, 1.82) is 0 Å². The molecule has 2 nitrogen and oxygen atoms in total. The minimum Gasteiger partial charge on any atom is -0.241 e. The van der Waals surface area contributed by atoms with Gasteiger partial charge in [-0.3, -0.25) is 0 Å². The van der Waals surface area contributed by atoms with Gasteiger partial charge in [0, 0.05) is 22.3 Å². The summed E-state index contributed by atoms with van der Waals surface area (Å²) < 4.78 is 0. The molecule has 0 unspecified atom stereocenters.